The molecule has 2 N–H and O–H groups in total. The number of benzene rings is 5. The number of aliphatic hydroxyl groups excluding tert-OH is 2. The molecule has 5 aromatic rings. The number of nitro groups is 2. The third kappa shape index (κ3) is 11.8. The van der Waals surface area contributed by atoms with Crippen molar-refractivity contribution >= 4 is 23.2 Å². The van der Waals surface area contributed by atoms with Gasteiger partial charge < -0.3 is 34.0 Å². The average Bonchev–Trinajstić information content (AvgIpc) is 3.38. The molecule has 0 spiro atoms. The van der Waals surface area contributed by atoms with E-state index in [-0.39, 0.29) is 68.4 Å². The molecule has 1 fully saturated rings. The first-order valence-electron chi connectivity index (χ1n) is 24.5. The highest BCUT2D eigenvalue weighted by Crippen LogP contribution is 2.62. The number of carbonyl (C=O) groups excluding carboxylic acids is 1. The smallest absolute Gasteiger partial charge is 0.416 e. The fourth-order valence-electron chi connectivity index (χ4n) is 10.4. The number of oxime groups is 1. The number of carbonyl (C=O) groups is 1. The molecule has 5 aromatic carbocycles. The van der Waals surface area contributed by atoms with Crippen molar-refractivity contribution in [1.82, 2.24) is 4.90 Å². The predicted molar refractivity (Wildman–Crippen MR) is 270 cm³/mol. The molecule has 73 heavy (non-hydrogen) atoms. The lowest BCUT2D eigenvalue weighted by molar-refractivity contribution is -0.385. The van der Waals surface area contributed by atoms with Crippen LogP contribution >= 0.6 is 0 Å². The summed E-state index contributed by atoms with van der Waals surface area (Å²) in [5.74, 6) is -1.86. The number of nitro benzene ring substituents is 2. The van der Waals surface area contributed by atoms with E-state index in [0.29, 0.717) is 72.6 Å². The molecule has 6 unspecified atom stereocenters. The Morgan fingerprint density at radius 1 is 0.836 bits per heavy atom. The summed E-state index contributed by atoms with van der Waals surface area (Å²) in [5, 5.41) is 48.0. The third-order valence-corrected chi connectivity index (χ3v) is 14.0. The molecule has 16 nitrogen and oxygen atoms in total. The number of aryl methyl sites for hydroxylation is 2. The van der Waals surface area contributed by atoms with Crippen LogP contribution in [0.2, 0.25) is 0 Å². The number of halogens is 1. The van der Waals surface area contributed by atoms with Gasteiger partial charge in [-0.2, -0.15) is 0 Å². The average molecular weight is 999 g/mol. The molecule has 1 heterocycles. The summed E-state index contributed by atoms with van der Waals surface area (Å²) in [7, 11) is 0. The number of amides is 1. The Morgan fingerprint density at radius 3 is 2.12 bits per heavy atom. The standard InChI is InChI=1S/C56H59FN4O12/c1-4-29-69-56-52(59(34-38-12-16-41(57)17-13-38)55(64)72-44-23-20-43(21-24-44)61(67)68)33-50(58-70-35-39-14-18-42(19-15-39)60(65)66)48-31-40(9-5-7-27-62)47(10-6-8-28-63)53(54(48)56)49-32-46(25-26-51(49)73-56)71-45-22-11-36(2)37(3)30-45/h4,11-26,30-32,40,47,52-54,62-63H,1,5-10,27-29,33-35H2,2-3H3. The maximum Gasteiger partial charge on any atom is 0.416 e. The molecule has 0 aromatic heterocycles. The molecular formula is C56H59FN4O12. The number of hydrogen-bond donors (Lipinski definition) is 2. The third-order valence-electron chi connectivity index (χ3n) is 14.0. The molecule has 0 radical (unpaired) electrons. The van der Waals surface area contributed by atoms with E-state index in [1.165, 1.54) is 53.4 Å². The molecule has 1 amide bonds. The van der Waals surface area contributed by atoms with Gasteiger partial charge in [-0.05, 0) is 146 Å². The minimum atomic E-state index is -1.72. The summed E-state index contributed by atoms with van der Waals surface area (Å²) in [6, 6.07) is 27.2. The Kier molecular flexibility index (Phi) is 16.6. The van der Waals surface area contributed by atoms with Crippen LogP contribution in [-0.4, -0.2) is 68.4 Å². The largest absolute Gasteiger partial charge is 0.459 e. The van der Waals surface area contributed by atoms with Crippen LogP contribution < -0.4 is 14.2 Å². The topological polar surface area (TPSA) is 206 Å². The minimum absolute atomic E-state index is 0.00266. The van der Waals surface area contributed by atoms with E-state index in [1.807, 2.05) is 50.2 Å². The summed E-state index contributed by atoms with van der Waals surface area (Å²) in [6.45, 7) is 7.83. The number of fused-ring (bicyclic) bond motifs is 2. The van der Waals surface area contributed by atoms with Crippen LogP contribution in [0.15, 0.2) is 139 Å². The van der Waals surface area contributed by atoms with Gasteiger partial charge in [-0.15, -0.1) is 6.58 Å². The number of ether oxygens (including phenoxy) is 4. The van der Waals surface area contributed by atoms with E-state index < -0.39 is 45.4 Å². The molecule has 8 rings (SSSR count). The highest BCUT2D eigenvalue weighted by molar-refractivity contribution is 6.03. The molecule has 1 saturated carbocycles. The minimum Gasteiger partial charge on any atom is -0.459 e. The number of aliphatic hydroxyl groups is 2. The highest BCUT2D eigenvalue weighted by Gasteiger charge is 2.66. The zero-order valence-electron chi connectivity index (χ0n) is 40.8. The SMILES string of the molecule is C=CCOC12Oc3ccc(Oc4ccc(C)c(C)c4)cc3C3C(CCCCO)C(CCCCO)C=C(C(=NOCc4ccc([N+](=O)[O-])cc4)CC1N(Cc1ccc(F)cc1)C(=O)Oc1ccc([N+](=O)[O-])cc1)C32. The summed E-state index contributed by atoms with van der Waals surface area (Å²) in [5.41, 5.74) is 5.07. The lowest BCUT2D eigenvalue weighted by atomic mass is 9.55. The van der Waals surface area contributed by atoms with E-state index >= 15 is 4.79 Å². The van der Waals surface area contributed by atoms with Gasteiger partial charge in [0.2, 0.25) is 5.79 Å². The van der Waals surface area contributed by atoms with Gasteiger partial charge in [-0.1, -0.05) is 48.3 Å². The normalized spacial score (nSPS) is 21.2. The van der Waals surface area contributed by atoms with Gasteiger partial charge in [0.1, 0.15) is 41.5 Å². The first-order chi connectivity index (χ1) is 35.3. The Balaban J connectivity index is 1.34. The van der Waals surface area contributed by atoms with Crippen LogP contribution in [-0.2, 0) is 22.7 Å². The number of allylic oxidation sites excluding steroid dienone is 1. The lowest BCUT2D eigenvalue weighted by Crippen LogP contribution is -2.70. The van der Waals surface area contributed by atoms with E-state index in [1.54, 1.807) is 30.3 Å². The number of unbranched alkanes of at least 4 members (excludes halogenated alkanes) is 2. The van der Waals surface area contributed by atoms with Crippen LogP contribution in [0.4, 0.5) is 20.6 Å². The molecule has 1 aliphatic heterocycles. The zero-order chi connectivity index (χ0) is 51.6. The van der Waals surface area contributed by atoms with Crippen LogP contribution in [0.5, 0.6) is 23.0 Å². The van der Waals surface area contributed by atoms with Gasteiger partial charge in [-0.25, -0.2) is 9.18 Å². The van der Waals surface area contributed by atoms with Crippen molar-refractivity contribution in [3.8, 4) is 23.0 Å². The summed E-state index contributed by atoms with van der Waals surface area (Å²) in [6.07, 6.45) is 6.78. The monoisotopic (exact) mass is 998 g/mol. The second-order valence-corrected chi connectivity index (χ2v) is 18.7. The molecule has 0 bridgehead atoms. The Hall–Kier alpha value is -7.47. The van der Waals surface area contributed by atoms with Crippen molar-refractivity contribution in [1.29, 1.82) is 0 Å². The second-order valence-electron chi connectivity index (χ2n) is 18.7. The van der Waals surface area contributed by atoms with Gasteiger partial charge in [0.15, 0.2) is 0 Å². The van der Waals surface area contributed by atoms with Gasteiger partial charge in [0.25, 0.3) is 11.4 Å². The van der Waals surface area contributed by atoms with Crippen LogP contribution in [0.1, 0.15) is 78.7 Å². The summed E-state index contributed by atoms with van der Waals surface area (Å²) in [4.78, 5) is 44.8. The number of nitrogens with zero attached hydrogens (tertiary/aromatic N) is 4. The lowest BCUT2D eigenvalue weighted by Gasteiger charge is -2.59. The fraction of sp³-hybridized carbons (Fsp3) is 0.357. The molecule has 2 aliphatic carbocycles. The second kappa shape index (κ2) is 23.4. The van der Waals surface area contributed by atoms with Gasteiger partial charge in [-0.3, -0.25) is 25.1 Å². The van der Waals surface area contributed by atoms with E-state index in [9.17, 15) is 34.8 Å². The molecule has 3 aliphatic rings. The number of rotatable bonds is 22. The molecular weight excluding hydrogens is 940 g/mol. The summed E-state index contributed by atoms with van der Waals surface area (Å²) >= 11 is 0. The maximum atomic E-state index is 15.1. The fourth-order valence-corrected chi connectivity index (χ4v) is 10.4. The van der Waals surface area contributed by atoms with Crippen molar-refractivity contribution in [2.75, 3.05) is 19.8 Å². The van der Waals surface area contributed by atoms with Crippen molar-refractivity contribution < 1.29 is 53.0 Å². The zero-order valence-corrected chi connectivity index (χ0v) is 40.8. The van der Waals surface area contributed by atoms with Crippen LogP contribution in [0, 0.1) is 57.6 Å². The van der Waals surface area contributed by atoms with E-state index in [0.717, 1.165) is 22.3 Å². The van der Waals surface area contributed by atoms with Crippen LogP contribution in [0.25, 0.3) is 0 Å². The van der Waals surface area contributed by atoms with Gasteiger partial charge in [0.05, 0.1) is 28.1 Å². The Morgan fingerprint density at radius 2 is 1.47 bits per heavy atom. The van der Waals surface area contributed by atoms with Crippen molar-refractivity contribution in [3.05, 3.63) is 187 Å². The van der Waals surface area contributed by atoms with E-state index in [4.69, 9.17) is 28.9 Å². The Bertz CT molecular complexity index is 2840. The molecule has 382 valence electrons. The molecule has 17 heteroatoms. The number of non-ortho nitro benzene ring substituents is 2. The first kappa shape index (κ1) is 51.9. The first-order valence-corrected chi connectivity index (χ1v) is 24.5. The summed E-state index contributed by atoms with van der Waals surface area (Å²) < 4.78 is 41.6. The maximum absolute atomic E-state index is 15.1. The van der Waals surface area contributed by atoms with Gasteiger partial charge >= 0.3 is 6.09 Å². The van der Waals surface area contributed by atoms with Gasteiger partial charge in [0, 0.05) is 61.9 Å². The van der Waals surface area contributed by atoms with Crippen molar-refractivity contribution in [2.24, 2.45) is 22.9 Å². The van der Waals surface area contributed by atoms with Crippen LogP contribution in [0.3, 0.4) is 0 Å². The van der Waals surface area contributed by atoms with Crippen molar-refractivity contribution in [2.45, 2.75) is 89.7 Å². The molecule has 0 saturated heterocycles. The van der Waals surface area contributed by atoms with Crippen molar-refractivity contribution in [3.63, 3.8) is 0 Å². The molecule has 6 atom stereocenters. The quantitative estimate of drug-likeness (QED) is 0.0287. The predicted octanol–water partition coefficient (Wildman–Crippen LogP) is 11.6. The van der Waals surface area contributed by atoms with E-state index in [2.05, 4.69) is 12.7 Å². The number of hydrogen-bond acceptors (Lipinski definition) is 13. The highest BCUT2D eigenvalue weighted by atomic mass is 19.1. The Labute approximate surface area is 422 Å².